The molecule has 0 aliphatic carbocycles. The molecule has 1 aliphatic heterocycles. The number of hydrogen-bond donors (Lipinski definition) is 2. The summed E-state index contributed by atoms with van der Waals surface area (Å²) in [5, 5.41) is 4.01. The van der Waals surface area contributed by atoms with Gasteiger partial charge in [-0.05, 0) is 12.8 Å². The number of nitrogens with zero attached hydrogens (tertiary/aromatic N) is 3. The summed E-state index contributed by atoms with van der Waals surface area (Å²) >= 11 is 0. The third-order valence-corrected chi connectivity index (χ3v) is 3.56. The summed E-state index contributed by atoms with van der Waals surface area (Å²) in [6.07, 6.45) is 4.55. The molecular weight excluding hydrogens is 246 g/mol. The molecule has 2 rings (SSSR count). The number of primary amides is 1. The lowest BCUT2D eigenvalue weighted by Crippen LogP contribution is -2.45. The van der Waals surface area contributed by atoms with Gasteiger partial charge in [-0.1, -0.05) is 0 Å². The normalized spacial score (nSPS) is 18.3. The lowest BCUT2D eigenvalue weighted by molar-refractivity contribution is -0.136. The number of nitrogens with two attached hydrogens (primary N) is 2. The van der Waals surface area contributed by atoms with Crippen LogP contribution < -0.4 is 11.5 Å². The molecule has 7 nitrogen and oxygen atoms in total. The topological polar surface area (TPSA) is 107 Å². The van der Waals surface area contributed by atoms with Gasteiger partial charge in [0.1, 0.15) is 6.04 Å². The van der Waals surface area contributed by atoms with Crippen LogP contribution in [0.25, 0.3) is 0 Å². The molecule has 0 spiro atoms. The van der Waals surface area contributed by atoms with E-state index < -0.39 is 6.04 Å². The van der Waals surface area contributed by atoms with Crippen LogP contribution in [0.4, 0.5) is 0 Å². The van der Waals surface area contributed by atoms with Crippen molar-refractivity contribution >= 4 is 11.8 Å². The van der Waals surface area contributed by atoms with Gasteiger partial charge in [-0.25, -0.2) is 0 Å². The van der Waals surface area contributed by atoms with E-state index in [0.29, 0.717) is 31.5 Å². The monoisotopic (exact) mass is 265 g/mol. The predicted molar refractivity (Wildman–Crippen MR) is 68.6 cm³/mol. The first-order chi connectivity index (χ1) is 8.99. The number of piperidine rings is 1. The Balaban J connectivity index is 1.96. The van der Waals surface area contributed by atoms with Crippen molar-refractivity contribution < 1.29 is 9.59 Å². The summed E-state index contributed by atoms with van der Waals surface area (Å²) in [5.41, 5.74) is 11.9. The molecule has 1 aromatic heterocycles. The average Bonchev–Trinajstić information content (AvgIpc) is 2.84. The zero-order valence-corrected chi connectivity index (χ0v) is 11.0. The van der Waals surface area contributed by atoms with E-state index >= 15 is 0 Å². The molecule has 2 amide bonds. The predicted octanol–water partition coefficient (Wildman–Crippen LogP) is -0.856. The highest BCUT2D eigenvalue weighted by molar-refractivity contribution is 5.83. The van der Waals surface area contributed by atoms with E-state index in [4.69, 9.17) is 11.5 Å². The minimum Gasteiger partial charge on any atom is -0.369 e. The first-order valence-electron chi connectivity index (χ1n) is 6.31. The lowest BCUT2D eigenvalue weighted by atomic mass is 9.95. The van der Waals surface area contributed by atoms with E-state index in [1.165, 1.54) is 0 Å². The largest absolute Gasteiger partial charge is 0.369 e. The number of likely N-dealkylation sites (tertiary alicyclic amines) is 1. The van der Waals surface area contributed by atoms with E-state index in [1.54, 1.807) is 29.0 Å². The fourth-order valence-electron chi connectivity index (χ4n) is 2.32. The van der Waals surface area contributed by atoms with Gasteiger partial charge < -0.3 is 16.4 Å². The maximum absolute atomic E-state index is 12.2. The average molecular weight is 265 g/mol. The maximum Gasteiger partial charge on any atom is 0.244 e. The number of carbonyl (C=O) groups is 2. The third-order valence-electron chi connectivity index (χ3n) is 3.56. The minimum atomic E-state index is -0.696. The van der Waals surface area contributed by atoms with Crippen LogP contribution in [-0.4, -0.2) is 39.6 Å². The number of aryl methyl sites for hydroxylation is 1. The Kier molecular flexibility index (Phi) is 3.84. The van der Waals surface area contributed by atoms with Gasteiger partial charge in [0.2, 0.25) is 11.8 Å². The molecule has 1 fully saturated rings. The van der Waals surface area contributed by atoms with E-state index in [1.807, 2.05) is 0 Å². The van der Waals surface area contributed by atoms with Crippen LogP contribution in [0.2, 0.25) is 0 Å². The van der Waals surface area contributed by atoms with Crippen molar-refractivity contribution in [2.24, 2.45) is 24.4 Å². The van der Waals surface area contributed by atoms with Crippen molar-refractivity contribution in [2.75, 3.05) is 13.1 Å². The minimum absolute atomic E-state index is 0.126. The molecule has 1 aromatic rings. The first-order valence-corrected chi connectivity index (χ1v) is 6.31. The molecule has 0 aromatic carbocycles. The number of rotatable bonds is 3. The summed E-state index contributed by atoms with van der Waals surface area (Å²) in [6, 6.07) is -0.696. The molecule has 1 unspecified atom stereocenters. The molecule has 19 heavy (non-hydrogen) atoms. The first kappa shape index (κ1) is 13.5. The zero-order chi connectivity index (χ0) is 14.0. The summed E-state index contributed by atoms with van der Waals surface area (Å²) < 4.78 is 1.61. The van der Waals surface area contributed by atoms with E-state index in [-0.39, 0.29) is 17.7 Å². The quantitative estimate of drug-likeness (QED) is 0.741. The van der Waals surface area contributed by atoms with Crippen LogP contribution in [0.5, 0.6) is 0 Å². The highest BCUT2D eigenvalue weighted by Crippen LogP contribution is 2.20. The molecule has 0 radical (unpaired) electrons. The number of hydrogen-bond acceptors (Lipinski definition) is 4. The van der Waals surface area contributed by atoms with Gasteiger partial charge in [-0.3, -0.25) is 14.3 Å². The fourth-order valence-corrected chi connectivity index (χ4v) is 2.32. The maximum atomic E-state index is 12.2. The molecule has 4 N–H and O–H groups in total. The van der Waals surface area contributed by atoms with E-state index in [9.17, 15) is 9.59 Å². The summed E-state index contributed by atoms with van der Waals surface area (Å²) in [4.78, 5) is 25.0. The second-order valence-electron chi connectivity index (χ2n) is 4.93. The molecule has 1 aliphatic rings. The molecule has 1 saturated heterocycles. The Morgan fingerprint density at radius 3 is 2.53 bits per heavy atom. The Morgan fingerprint density at radius 2 is 2.05 bits per heavy atom. The van der Waals surface area contributed by atoms with Gasteiger partial charge in [0.25, 0.3) is 0 Å². The van der Waals surface area contributed by atoms with Crippen LogP contribution in [0, 0.1) is 5.92 Å². The van der Waals surface area contributed by atoms with Gasteiger partial charge in [0.05, 0.1) is 6.20 Å². The highest BCUT2D eigenvalue weighted by Gasteiger charge is 2.29. The molecule has 2 heterocycles. The second-order valence-corrected chi connectivity index (χ2v) is 4.93. The SMILES string of the molecule is Cn1cc(C(N)C(=O)N2CCC(C(N)=O)CC2)cn1. The van der Waals surface area contributed by atoms with Crippen LogP contribution >= 0.6 is 0 Å². The van der Waals surface area contributed by atoms with Crippen LogP contribution in [0.1, 0.15) is 24.4 Å². The third kappa shape index (κ3) is 2.93. The van der Waals surface area contributed by atoms with Crippen molar-refractivity contribution in [2.45, 2.75) is 18.9 Å². The van der Waals surface area contributed by atoms with Crippen molar-refractivity contribution in [3.63, 3.8) is 0 Å². The van der Waals surface area contributed by atoms with Crippen molar-refractivity contribution in [1.29, 1.82) is 0 Å². The molecule has 7 heteroatoms. The van der Waals surface area contributed by atoms with E-state index in [0.717, 1.165) is 0 Å². The Morgan fingerprint density at radius 1 is 1.42 bits per heavy atom. The van der Waals surface area contributed by atoms with Gasteiger partial charge in [-0.15, -0.1) is 0 Å². The number of aromatic nitrogens is 2. The summed E-state index contributed by atoms with van der Waals surface area (Å²) in [5.74, 6) is -0.543. The lowest BCUT2D eigenvalue weighted by Gasteiger charge is -2.32. The van der Waals surface area contributed by atoms with Crippen molar-refractivity contribution in [3.8, 4) is 0 Å². The molecule has 0 saturated carbocycles. The van der Waals surface area contributed by atoms with Crippen LogP contribution in [-0.2, 0) is 16.6 Å². The second kappa shape index (κ2) is 5.40. The van der Waals surface area contributed by atoms with Crippen molar-refractivity contribution in [3.05, 3.63) is 18.0 Å². The molecular formula is C12H19N5O2. The van der Waals surface area contributed by atoms with Gasteiger partial charge in [-0.2, -0.15) is 5.10 Å². The highest BCUT2D eigenvalue weighted by atomic mass is 16.2. The Hall–Kier alpha value is -1.89. The summed E-state index contributed by atoms with van der Waals surface area (Å²) in [7, 11) is 1.78. The number of amides is 2. The number of carbonyl (C=O) groups excluding carboxylic acids is 2. The van der Waals surface area contributed by atoms with Gasteiger partial charge >= 0.3 is 0 Å². The molecule has 104 valence electrons. The fraction of sp³-hybridized carbons (Fsp3) is 0.583. The smallest absolute Gasteiger partial charge is 0.244 e. The van der Waals surface area contributed by atoms with Crippen molar-refractivity contribution in [1.82, 2.24) is 14.7 Å². The van der Waals surface area contributed by atoms with Crippen LogP contribution in [0.3, 0.4) is 0 Å². The Bertz CT molecular complexity index is 476. The standard InChI is InChI=1S/C12H19N5O2/c1-16-7-9(6-15-16)10(13)12(19)17-4-2-8(3-5-17)11(14)18/h6-8,10H,2-5,13H2,1H3,(H2,14,18). The van der Waals surface area contributed by atoms with Gasteiger partial charge in [0.15, 0.2) is 0 Å². The Labute approximate surface area is 111 Å². The van der Waals surface area contributed by atoms with E-state index in [2.05, 4.69) is 5.10 Å². The summed E-state index contributed by atoms with van der Waals surface area (Å²) in [6.45, 7) is 1.06. The molecule has 1 atom stereocenters. The van der Waals surface area contributed by atoms with Gasteiger partial charge in [0, 0.05) is 37.8 Å². The molecule has 0 bridgehead atoms. The zero-order valence-electron chi connectivity index (χ0n) is 11.0. The van der Waals surface area contributed by atoms with Crippen LogP contribution in [0.15, 0.2) is 12.4 Å².